The highest BCUT2D eigenvalue weighted by atomic mass is 32.2. The second kappa shape index (κ2) is 7.72. The normalized spacial score (nSPS) is 23.8. The van der Waals surface area contributed by atoms with Gasteiger partial charge in [0.25, 0.3) is 5.91 Å². The lowest BCUT2D eigenvalue weighted by Crippen LogP contribution is -2.35. The maximum atomic E-state index is 12.6. The molecule has 1 aliphatic heterocycles. The van der Waals surface area contributed by atoms with Crippen LogP contribution in [0.15, 0.2) is 18.5 Å². The molecule has 3 rings (SSSR count). The third kappa shape index (κ3) is 4.71. The number of carbonyl (C=O) groups excluding carboxylic acids is 1. The summed E-state index contributed by atoms with van der Waals surface area (Å²) in [6.45, 7) is 0. The molecule has 1 aromatic heterocycles. The van der Waals surface area contributed by atoms with Crippen molar-refractivity contribution in [1.82, 2.24) is 10.3 Å². The molecular formula is C18H27N3O3S. The first-order valence-electron chi connectivity index (χ1n) is 9.14. The van der Waals surface area contributed by atoms with Crippen LogP contribution < -0.4 is 10.2 Å². The molecule has 25 heavy (non-hydrogen) atoms. The van der Waals surface area contributed by atoms with Gasteiger partial charge < -0.3 is 10.2 Å². The minimum atomic E-state index is -2.94. The number of sulfone groups is 1. The summed E-state index contributed by atoms with van der Waals surface area (Å²) < 4.78 is 23.4. The molecule has 138 valence electrons. The van der Waals surface area contributed by atoms with Crippen LogP contribution in [0.2, 0.25) is 0 Å². The van der Waals surface area contributed by atoms with Gasteiger partial charge in [-0.2, -0.15) is 0 Å². The number of hydrogen-bond donors (Lipinski definition) is 1. The summed E-state index contributed by atoms with van der Waals surface area (Å²) in [7, 11) is -1.07. The standard InChI is InChI=1S/C18H27N3O3S/c1-21(16-8-9-25(23,24)13-16)17-10-14(11-19-12-17)18(22)20-15-6-4-2-3-5-7-15/h10-12,15-16H,2-9,13H2,1H3,(H,20,22). The van der Waals surface area contributed by atoms with Gasteiger partial charge >= 0.3 is 0 Å². The summed E-state index contributed by atoms with van der Waals surface area (Å²) in [4.78, 5) is 18.7. The quantitative estimate of drug-likeness (QED) is 0.827. The number of pyridine rings is 1. The van der Waals surface area contributed by atoms with Crippen molar-refractivity contribution in [3.05, 3.63) is 24.0 Å². The first-order valence-corrected chi connectivity index (χ1v) is 11.0. The predicted molar refractivity (Wildman–Crippen MR) is 98.7 cm³/mol. The van der Waals surface area contributed by atoms with Crippen molar-refractivity contribution in [1.29, 1.82) is 0 Å². The smallest absolute Gasteiger partial charge is 0.253 e. The van der Waals surface area contributed by atoms with Crippen LogP contribution in [-0.2, 0) is 9.84 Å². The van der Waals surface area contributed by atoms with E-state index in [9.17, 15) is 13.2 Å². The van der Waals surface area contributed by atoms with Gasteiger partial charge in [-0.05, 0) is 25.3 Å². The molecule has 1 atom stereocenters. The first kappa shape index (κ1) is 18.2. The van der Waals surface area contributed by atoms with Crippen molar-refractivity contribution in [3.63, 3.8) is 0 Å². The Morgan fingerprint density at radius 1 is 1.16 bits per heavy atom. The molecule has 2 fully saturated rings. The Kier molecular flexibility index (Phi) is 5.61. The number of amides is 1. The molecule has 1 unspecified atom stereocenters. The Hall–Kier alpha value is -1.63. The van der Waals surface area contributed by atoms with Gasteiger partial charge in [0.05, 0.1) is 29.0 Å². The highest BCUT2D eigenvalue weighted by Gasteiger charge is 2.31. The number of carbonyl (C=O) groups is 1. The van der Waals surface area contributed by atoms with Crippen LogP contribution in [0.1, 0.15) is 55.3 Å². The first-order chi connectivity index (χ1) is 11.9. The van der Waals surface area contributed by atoms with Gasteiger partial charge in [-0.3, -0.25) is 9.78 Å². The Morgan fingerprint density at radius 2 is 1.88 bits per heavy atom. The SMILES string of the molecule is CN(c1cncc(C(=O)NC2CCCCCC2)c1)C1CCS(=O)(=O)C1. The molecule has 2 aliphatic rings. The minimum absolute atomic E-state index is 0.0491. The lowest BCUT2D eigenvalue weighted by Gasteiger charge is -2.25. The van der Waals surface area contributed by atoms with E-state index in [1.54, 1.807) is 12.4 Å². The Morgan fingerprint density at radius 3 is 2.52 bits per heavy atom. The molecule has 1 saturated heterocycles. The second-order valence-electron chi connectivity index (χ2n) is 7.26. The molecule has 0 spiro atoms. The molecule has 1 saturated carbocycles. The average molecular weight is 365 g/mol. The van der Waals surface area contributed by atoms with E-state index >= 15 is 0 Å². The molecule has 7 heteroatoms. The van der Waals surface area contributed by atoms with E-state index in [1.807, 2.05) is 18.0 Å². The van der Waals surface area contributed by atoms with E-state index in [2.05, 4.69) is 10.3 Å². The zero-order chi connectivity index (χ0) is 17.9. The van der Waals surface area contributed by atoms with Crippen molar-refractivity contribution in [2.24, 2.45) is 0 Å². The van der Waals surface area contributed by atoms with Crippen molar-refractivity contribution in [2.45, 2.75) is 57.0 Å². The zero-order valence-electron chi connectivity index (χ0n) is 14.8. The molecule has 1 N–H and O–H groups in total. The molecule has 6 nitrogen and oxygen atoms in total. The van der Waals surface area contributed by atoms with Crippen LogP contribution >= 0.6 is 0 Å². The van der Waals surface area contributed by atoms with Gasteiger partial charge in [0.15, 0.2) is 9.84 Å². The average Bonchev–Trinajstić information content (AvgIpc) is 2.80. The Balaban J connectivity index is 1.67. The molecule has 2 heterocycles. The summed E-state index contributed by atoms with van der Waals surface area (Å²) in [6, 6.07) is 2.01. The molecule has 0 radical (unpaired) electrons. The van der Waals surface area contributed by atoms with Gasteiger partial charge in [0, 0.05) is 25.3 Å². The number of aromatic nitrogens is 1. The van der Waals surface area contributed by atoms with Gasteiger partial charge in [0.1, 0.15) is 0 Å². The summed E-state index contributed by atoms with van der Waals surface area (Å²) in [5.41, 5.74) is 1.32. The maximum absolute atomic E-state index is 12.6. The van der Waals surface area contributed by atoms with Crippen molar-refractivity contribution >= 4 is 21.4 Å². The van der Waals surface area contributed by atoms with Gasteiger partial charge in [0.2, 0.25) is 0 Å². The van der Waals surface area contributed by atoms with Crippen LogP contribution in [-0.4, -0.2) is 49.9 Å². The molecule has 1 aromatic rings. The van der Waals surface area contributed by atoms with E-state index in [0.29, 0.717) is 12.0 Å². The number of nitrogens with zero attached hydrogens (tertiary/aromatic N) is 2. The summed E-state index contributed by atoms with van der Waals surface area (Å²) in [6.07, 6.45) is 10.8. The molecule has 0 bridgehead atoms. The summed E-state index contributed by atoms with van der Waals surface area (Å²) in [5, 5.41) is 3.13. The fraction of sp³-hybridized carbons (Fsp3) is 0.667. The van der Waals surface area contributed by atoms with Crippen LogP contribution in [0.25, 0.3) is 0 Å². The minimum Gasteiger partial charge on any atom is -0.369 e. The van der Waals surface area contributed by atoms with E-state index in [0.717, 1.165) is 18.5 Å². The Labute approximate surface area is 149 Å². The zero-order valence-corrected chi connectivity index (χ0v) is 15.6. The monoisotopic (exact) mass is 365 g/mol. The lowest BCUT2D eigenvalue weighted by molar-refractivity contribution is 0.0933. The molecule has 1 amide bonds. The van der Waals surface area contributed by atoms with Crippen molar-refractivity contribution in [2.75, 3.05) is 23.5 Å². The Bertz CT molecular complexity index is 712. The van der Waals surface area contributed by atoms with Crippen LogP contribution in [0.4, 0.5) is 5.69 Å². The third-order valence-corrected chi connectivity index (χ3v) is 7.09. The van der Waals surface area contributed by atoms with E-state index < -0.39 is 9.84 Å². The maximum Gasteiger partial charge on any atom is 0.253 e. The van der Waals surface area contributed by atoms with Gasteiger partial charge in [-0.1, -0.05) is 25.7 Å². The largest absolute Gasteiger partial charge is 0.369 e. The van der Waals surface area contributed by atoms with Crippen LogP contribution in [0.5, 0.6) is 0 Å². The molecule has 0 aromatic carbocycles. The van der Waals surface area contributed by atoms with Crippen LogP contribution in [0.3, 0.4) is 0 Å². The van der Waals surface area contributed by atoms with Gasteiger partial charge in [-0.25, -0.2) is 8.42 Å². The van der Waals surface area contributed by atoms with Gasteiger partial charge in [-0.15, -0.1) is 0 Å². The number of rotatable bonds is 4. The highest BCUT2D eigenvalue weighted by molar-refractivity contribution is 7.91. The van der Waals surface area contributed by atoms with E-state index in [4.69, 9.17) is 0 Å². The van der Waals surface area contributed by atoms with Crippen LogP contribution in [0, 0.1) is 0 Å². The fourth-order valence-electron chi connectivity index (χ4n) is 3.73. The fourth-order valence-corrected chi connectivity index (χ4v) is 5.50. The summed E-state index contributed by atoms with van der Waals surface area (Å²) in [5.74, 6) is 0.313. The molecular weight excluding hydrogens is 338 g/mol. The highest BCUT2D eigenvalue weighted by Crippen LogP contribution is 2.23. The van der Waals surface area contributed by atoms with Crippen molar-refractivity contribution in [3.8, 4) is 0 Å². The van der Waals surface area contributed by atoms with E-state index in [1.165, 1.54) is 25.7 Å². The van der Waals surface area contributed by atoms with E-state index in [-0.39, 0.29) is 29.5 Å². The predicted octanol–water partition coefficient (Wildman–Crippen LogP) is 2.16. The number of anilines is 1. The van der Waals surface area contributed by atoms with Crippen molar-refractivity contribution < 1.29 is 13.2 Å². The number of hydrogen-bond acceptors (Lipinski definition) is 5. The lowest BCUT2D eigenvalue weighted by atomic mass is 10.1. The molecule has 1 aliphatic carbocycles. The number of nitrogens with one attached hydrogen (secondary N) is 1. The topological polar surface area (TPSA) is 79.4 Å². The second-order valence-corrected chi connectivity index (χ2v) is 9.49. The summed E-state index contributed by atoms with van der Waals surface area (Å²) >= 11 is 0. The third-order valence-electron chi connectivity index (χ3n) is 5.34.